The molecular formula is C36H48F4O. The lowest BCUT2D eigenvalue weighted by molar-refractivity contribution is 0.288. The van der Waals surface area contributed by atoms with E-state index in [1.807, 2.05) is 0 Å². The monoisotopic (exact) mass is 572 g/mol. The van der Waals surface area contributed by atoms with Gasteiger partial charge in [0.1, 0.15) is 0 Å². The Balaban J connectivity index is 1.23. The molecule has 0 aliphatic heterocycles. The van der Waals surface area contributed by atoms with E-state index in [1.54, 1.807) is 13.0 Å². The molecule has 0 bridgehead atoms. The molecule has 0 radical (unpaired) electrons. The van der Waals surface area contributed by atoms with Crippen molar-refractivity contribution in [2.24, 2.45) is 17.8 Å². The minimum absolute atomic E-state index is 0.0515. The molecule has 2 aliphatic carbocycles. The average Bonchev–Trinajstić information content (AvgIpc) is 2.99. The van der Waals surface area contributed by atoms with Crippen molar-refractivity contribution in [2.75, 3.05) is 6.61 Å². The van der Waals surface area contributed by atoms with Gasteiger partial charge >= 0.3 is 0 Å². The van der Waals surface area contributed by atoms with E-state index in [-0.39, 0.29) is 29.4 Å². The maximum atomic E-state index is 15.2. The van der Waals surface area contributed by atoms with Gasteiger partial charge in [-0.15, -0.1) is 0 Å². The van der Waals surface area contributed by atoms with Crippen LogP contribution in [0.4, 0.5) is 17.6 Å². The fourth-order valence-electron chi connectivity index (χ4n) is 7.01. The SMILES string of the molecule is CCCCCCC1CCC(/C=C/CCC2CCC(c3ccc(-c4ccc(OCC)c(F)c4F)c(F)c3F)CC2)CC1. The highest BCUT2D eigenvalue weighted by atomic mass is 19.2. The van der Waals surface area contributed by atoms with Gasteiger partial charge in [0.2, 0.25) is 5.82 Å². The summed E-state index contributed by atoms with van der Waals surface area (Å²) in [5.74, 6) is -2.49. The number of rotatable bonds is 13. The van der Waals surface area contributed by atoms with Crippen molar-refractivity contribution in [3.8, 4) is 16.9 Å². The quantitative estimate of drug-likeness (QED) is 0.132. The standard InChI is InChI=1S/C36H48F4O/c1-3-5-6-7-10-25-13-15-26(16-14-25)11-8-9-12-27-17-19-28(20-18-27)29-21-22-30(34(38)33(29)37)31-23-24-32(41-4-2)36(40)35(31)39/h8,11,21-28H,3-7,9-10,12-20H2,1-2H3/b11-8+. The minimum atomic E-state index is -1.23. The van der Waals surface area contributed by atoms with E-state index in [0.29, 0.717) is 11.5 Å². The van der Waals surface area contributed by atoms with Crippen molar-refractivity contribution in [1.82, 2.24) is 0 Å². The van der Waals surface area contributed by atoms with Gasteiger partial charge < -0.3 is 4.74 Å². The molecule has 2 aromatic rings. The van der Waals surface area contributed by atoms with Crippen molar-refractivity contribution in [3.05, 3.63) is 65.2 Å². The summed E-state index contributed by atoms with van der Waals surface area (Å²) < 4.78 is 64.3. The Bertz CT molecular complexity index is 1130. The number of halogens is 4. The third-order valence-electron chi connectivity index (χ3n) is 9.54. The van der Waals surface area contributed by atoms with Crippen molar-refractivity contribution in [1.29, 1.82) is 0 Å². The third kappa shape index (κ3) is 8.38. The largest absolute Gasteiger partial charge is 0.491 e. The molecule has 0 aromatic heterocycles. The topological polar surface area (TPSA) is 9.23 Å². The predicted octanol–water partition coefficient (Wildman–Crippen LogP) is 11.7. The summed E-state index contributed by atoms with van der Waals surface area (Å²) in [4.78, 5) is 0. The van der Waals surface area contributed by atoms with Crippen LogP contribution in [0.1, 0.15) is 122 Å². The fourth-order valence-corrected chi connectivity index (χ4v) is 7.01. The Morgan fingerprint density at radius 3 is 2.00 bits per heavy atom. The van der Waals surface area contributed by atoms with Crippen LogP contribution in [0.25, 0.3) is 11.1 Å². The number of hydrogen-bond donors (Lipinski definition) is 0. The van der Waals surface area contributed by atoms with Gasteiger partial charge in [-0.25, -0.2) is 13.2 Å². The molecule has 0 saturated heterocycles. The second-order valence-electron chi connectivity index (χ2n) is 12.4. The first-order valence-electron chi connectivity index (χ1n) is 16.2. The van der Waals surface area contributed by atoms with Gasteiger partial charge in [0.05, 0.1) is 6.61 Å². The van der Waals surface area contributed by atoms with E-state index < -0.39 is 23.3 Å². The number of benzene rings is 2. The van der Waals surface area contributed by atoms with E-state index in [4.69, 9.17) is 4.74 Å². The Labute approximate surface area is 244 Å². The van der Waals surface area contributed by atoms with E-state index in [1.165, 1.54) is 76.0 Å². The molecule has 5 heteroatoms. The van der Waals surface area contributed by atoms with Gasteiger partial charge in [-0.2, -0.15) is 4.39 Å². The van der Waals surface area contributed by atoms with E-state index in [2.05, 4.69) is 19.1 Å². The number of allylic oxidation sites excluding steroid dienone is 2. The first-order valence-corrected chi connectivity index (χ1v) is 16.2. The molecule has 2 saturated carbocycles. The number of ether oxygens (including phenoxy) is 1. The molecule has 0 atom stereocenters. The summed E-state index contributed by atoms with van der Waals surface area (Å²) in [6, 6.07) is 5.42. The number of hydrogen-bond acceptors (Lipinski definition) is 1. The first-order chi connectivity index (χ1) is 19.9. The summed E-state index contributed by atoms with van der Waals surface area (Å²) in [6.07, 6.45) is 23.1. The van der Waals surface area contributed by atoms with Crippen molar-refractivity contribution < 1.29 is 22.3 Å². The summed E-state index contributed by atoms with van der Waals surface area (Å²) in [5, 5.41) is 0. The molecule has 2 aromatic carbocycles. The molecule has 0 N–H and O–H groups in total. The molecule has 41 heavy (non-hydrogen) atoms. The van der Waals surface area contributed by atoms with Crippen LogP contribution in [-0.4, -0.2) is 6.61 Å². The maximum Gasteiger partial charge on any atom is 0.201 e. The Hall–Kier alpha value is -2.30. The Morgan fingerprint density at radius 2 is 1.32 bits per heavy atom. The van der Waals surface area contributed by atoms with E-state index >= 15 is 8.78 Å². The van der Waals surface area contributed by atoms with Crippen LogP contribution in [0.3, 0.4) is 0 Å². The zero-order valence-corrected chi connectivity index (χ0v) is 25.0. The molecule has 0 spiro atoms. The lowest BCUT2D eigenvalue weighted by Gasteiger charge is -2.29. The Morgan fingerprint density at radius 1 is 0.683 bits per heavy atom. The normalized spacial score (nSPS) is 23.3. The van der Waals surface area contributed by atoms with Crippen LogP contribution in [0.15, 0.2) is 36.4 Å². The predicted molar refractivity (Wildman–Crippen MR) is 160 cm³/mol. The van der Waals surface area contributed by atoms with Crippen molar-refractivity contribution >= 4 is 0 Å². The minimum Gasteiger partial charge on any atom is -0.491 e. The second kappa shape index (κ2) is 15.8. The average molecular weight is 573 g/mol. The molecule has 226 valence electrons. The highest BCUT2D eigenvalue weighted by molar-refractivity contribution is 5.66. The van der Waals surface area contributed by atoms with Gasteiger partial charge in [0, 0.05) is 11.1 Å². The second-order valence-corrected chi connectivity index (χ2v) is 12.4. The summed E-state index contributed by atoms with van der Waals surface area (Å²) in [5.41, 5.74) is -0.231. The number of unbranched alkanes of at least 4 members (excludes halogenated alkanes) is 3. The van der Waals surface area contributed by atoms with Gasteiger partial charge in [-0.05, 0) is 112 Å². The lowest BCUT2D eigenvalue weighted by Crippen LogP contribution is -2.15. The van der Waals surface area contributed by atoms with Crippen LogP contribution in [0.5, 0.6) is 5.75 Å². The maximum absolute atomic E-state index is 15.2. The molecule has 1 nitrogen and oxygen atoms in total. The van der Waals surface area contributed by atoms with Crippen LogP contribution in [0, 0.1) is 41.0 Å². The lowest BCUT2D eigenvalue weighted by atomic mass is 9.76. The van der Waals surface area contributed by atoms with Crippen LogP contribution in [-0.2, 0) is 0 Å². The summed E-state index contributed by atoms with van der Waals surface area (Å²) >= 11 is 0. The Kier molecular flexibility index (Phi) is 12.2. The third-order valence-corrected chi connectivity index (χ3v) is 9.54. The molecule has 2 fully saturated rings. The highest BCUT2D eigenvalue weighted by Gasteiger charge is 2.28. The van der Waals surface area contributed by atoms with Crippen molar-refractivity contribution in [2.45, 2.75) is 116 Å². The molecule has 0 unspecified atom stereocenters. The molecular weight excluding hydrogens is 524 g/mol. The van der Waals surface area contributed by atoms with Crippen LogP contribution < -0.4 is 4.74 Å². The van der Waals surface area contributed by atoms with E-state index in [9.17, 15) is 8.78 Å². The molecule has 0 heterocycles. The zero-order chi connectivity index (χ0) is 29.2. The summed E-state index contributed by atoms with van der Waals surface area (Å²) in [6.45, 7) is 4.10. The summed E-state index contributed by atoms with van der Waals surface area (Å²) in [7, 11) is 0. The van der Waals surface area contributed by atoms with Crippen LogP contribution in [0.2, 0.25) is 0 Å². The van der Waals surface area contributed by atoms with Gasteiger partial charge in [0.25, 0.3) is 0 Å². The molecule has 2 aliphatic rings. The zero-order valence-electron chi connectivity index (χ0n) is 25.0. The fraction of sp³-hybridized carbons (Fsp3) is 0.611. The van der Waals surface area contributed by atoms with Crippen LogP contribution >= 0.6 is 0 Å². The van der Waals surface area contributed by atoms with E-state index in [0.717, 1.165) is 50.4 Å². The highest BCUT2D eigenvalue weighted by Crippen LogP contribution is 2.41. The smallest absolute Gasteiger partial charge is 0.201 e. The molecule has 0 amide bonds. The van der Waals surface area contributed by atoms with Gasteiger partial charge in [-0.1, -0.05) is 63.3 Å². The first kappa shape index (κ1) is 31.6. The molecule has 4 rings (SSSR count). The van der Waals surface area contributed by atoms with Crippen molar-refractivity contribution in [3.63, 3.8) is 0 Å². The van der Waals surface area contributed by atoms with Gasteiger partial charge in [0.15, 0.2) is 23.2 Å². The van der Waals surface area contributed by atoms with Gasteiger partial charge in [-0.3, -0.25) is 0 Å².